The lowest BCUT2D eigenvalue weighted by atomic mass is 9.83. The molecule has 0 aromatic heterocycles. The van der Waals surface area contributed by atoms with Gasteiger partial charge in [0, 0.05) is 69.7 Å². The number of fused-ring (bicyclic) bond motifs is 1. The predicted octanol–water partition coefficient (Wildman–Crippen LogP) is 4.55. The molecule has 188 valence electrons. The van der Waals surface area contributed by atoms with Crippen molar-refractivity contribution in [2.45, 2.75) is 65.1 Å². The Labute approximate surface area is 212 Å². The number of halogens is 1. The van der Waals surface area contributed by atoms with Gasteiger partial charge in [0.15, 0.2) is 0 Å². The van der Waals surface area contributed by atoms with E-state index >= 15 is 0 Å². The van der Waals surface area contributed by atoms with E-state index in [0.717, 1.165) is 50.6 Å². The van der Waals surface area contributed by atoms with Crippen LogP contribution in [-0.4, -0.2) is 73.0 Å². The summed E-state index contributed by atoms with van der Waals surface area (Å²) in [6.45, 7) is 13.2. The smallest absolute Gasteiger partial charge is 0.250 e. The highest BCUT2D eigenvalue weighted by Gasteiger charge is 2.30. The van der Waals surface area contributed by atoms with Crippen LogP contribution in [0.4, 0.5) is 5.69 Å². The zero-order chi connectivity index (χ0) is 22.9. The van der Waals surface area contributed by atoms with Gasteiger partial charge in [-0.2, -0.15) is 0 Å². The van der Waals surface area contributed by atoms with E-state index in [1.807, 2.05) is 0 Å². The molecule has 1 aliphatic carbocycles. The minimum Gasteiger partial charge on any atom is -0.371 e. The fourth-order valence-corrected chi connectivity index (χ4v) is 6.26. The van der Waals surface area contributed by atoms with Crippen LogP contribution in [0.15, 0.2) is 29.8 Å². The first-order valence-electron chi connectivity index (χ1n) is 13.3. The van der Waals surface area contributed by atoms with Gasteiger partial charge in [-0.05, 0) is 74.2 Å². The van der Waals surface area contributed by atoms with E-state index in [0.29, 0.717) is 11.8 Å². The minimum atomic E-state index is 0. The van der Waals surface area contributed by atoms with Crippen LogP contribution >= 0.6 is 12.4 Å². The van der Waals surface area contributed by atoms with E-state index in [1.165, 1.54) is 62.3 Å². The SMILES string of the molecule is CC(C)C1C=C(C(=O)N2Cc3ccc(N4CCC(N5CCN(C)CC5)CC4)cc3C2)CCC1.Cl. The van der Waals surface area contributed by atoms with Gasteiger partial charge in [-0.15, -0.1) is 12.4 Å². The van der Waals surface area contributed by atoms with Gasteiger partial charge < -0.3 is 14.7 Å². The Bertz CT molecular complexity index is 884. The van der Waals surface area contributed by atoms with Crippen LogP contribution in [0.5, 0.6) is 0 Å². The summed E-state index contributed by atoms with van der Waals surface area (Å²) < 4.78 is 0. The zero-order valence-electron chi connectivity index (χ0n) is 21.3. The van der Waals surface area contributed by atoms with Crippen LogP contribution in [0.2, 0.25) is 0 Å². The fourth-order valence-electron chi connectivity index (χ4n) is 6.26. The summed E-state index contributed by atoms with van der Waals surface area (Å²) in [7, 11) is 2.23. The van der Waals surface area contributed by atoms with E-state index in [9.17, 15) is 4.79 Å². The second-order valence-electron chi connectivity index (χ2n) is 11.2. The first-order valence-corrected chi connectivity index (χ1v) is 13.3. The molecule has 1 atom stereocenters. The van der Waals surface area contributed by atoms with E-state index in [-0.39, 0.29) is 18.3 Å². The maximum absolute atomic E-state index is 13.3. The van der Waals surface area contributed by atoms with Crippen LogP contribution in [0, 0.1) is 11.8 Å². The third-order valence-corrected chi connectivity index (χ3v) is 8.61. The first-order chi connectivity index (χ1) is 16.0. The maximum Gasteiger partial charge on any atom is 0.250 e. The van der Waals surface area contributed by atoms with Crippen LogP contribution in [0.1, 0.15) is 57.1 Å². The second-order valence-corrected chi connectivity index (χ2v) is 11.2. The molecule has 5 nitrogen and oxygen atoms in total. The Kier molecular flexibility index (Phi) is 8.27. The second kappa shape index (κ2) is 11.0. The zero-order valence-corrected chi connectivity index (χ0v) is 22.2. The molecule has 6 heteroatoms. The number of carbonyl (C=O) groups excluding carboxylic acids is 1. The topological polar surface area (TPSA) is 30.0 Å². The number of anilines is 1. The van der Waals surface area contributed by atoms with Crippen molar-refractivity contribution in [3.05, 3.63) is 41.0 Å². The van der Waals surface area contributed by atoms with Crippen molar-refractivity contribution in [1.82, 2.24) is 14.7 Å². The fraction of sp³-hybridized carbons (Fsp3) is 0.679. The predicted molar refractivity (Wildman–Crippen MR) is 143 cm³/mol. The van der Waals surface area contributed by atoms with E-state index in [1.54, 1.807) is 0 Å². The van der Waals surface area contributed by atoms with Gasteiger partial charge in [-0.25, -0.2) is 0 Å². The molecule has 3 heterocycles. The van der Waals surface area contributed by atoms with Gasteiger partial charge in [0.25, 0.3) is 0 Å². The summed E-state index contributed by atoms with van der Waals surface area (Å²) in [5.41, 5.74) is 5.07. The number of hydrogen-bond donors (Lipinski definition) is 0. The number of allylic oxidation sites excluding steroid dienone is 1. The molecule has 5 rings (SSSR count). The summed E-state index contributed by atoms with van der Waals surface area (Å²) in [5.74, 6) is 1.45. The third-order valence-electron chi connectivity index (χ3n) is 8.61. The average molecular weight is 487 g/mol. The average Bonchev–Trinajstić information content (AvgIpc) is 3.28. The molecule has 1 aromatic rings. The standard InChI is InChI=1S/C28H42N4O.ClH/c1-21(2)22-5-4-6-23(17-22)28(33)32-19-24-7-8-27(18-25(24)20-32)30-11-9-26(10-12-30)31-15-13-29(3)14-16-31;/h7-8,17-18,21-22,26H,4-6,9-16,19-20H2,1-3H3;1H. The number of amides is 1. The van der Waals surface area contributed by atoms with Crippen LogP contribution in [0.25, 0.3) is 0 Å². The monoisotopic (exact) mass is 486 g/mol. The summed E-state index contributed by atoms with van der Waals surface area (Å²) in [6, 6.07) is 7.68. The highest BCUT2D eigenvalue weighted by atomic mass is 35.5. The van der Waals surface area contributed by atoms with Gasteiger partial charge in [-0.3, -0.25) is 9.69 Å². The summed E-state index contributed by atoms with van der Waals surface area (Å²) in [6.07, 6.45) is 8.13. The molecule has 2 saturated heterocycles. The number of rotatable bonds is 4. The molecule has 2 fully saturated rings. The summed E-state index contributed by atoms with van der Waals surface area (Å²) >= 11 is 0. The molecule has 0 spiro atoms. The summed E-state index contributed by atoms with van der Waals surface area (Å²) in [4.78, 5) is 23.1. The van der Waals surface area contributed by atoms with Crippen molar-refractivity contribution in [3.8, 4) is 0 Å². The molecule has 0 saturated carbocycles. The molecule has 4 aliphatic rings. The molecular weight excluding hydrogens is 444 g/mol. The number of carbonyl (C=O) groups is 1. The van der Waals surface area contributed by atoms with Crippen molar-refractivity contribution in [3.63, 3.8) is 0 Å². The summed E-state index contributed by atoms with van der Waals surface area (Å²) in [5, 5.41) is 0. The van der Waals surface area contributed by atoms with Gasteiger partial charge in [0.2, 0.25) is 5.91 Å². The van der Waals surface area contributed by atoms with Crippen molar-refractivity contribution in [2.75, 3.05) is 51.2 Å². The normalized spacial score (nSPS) is 24.7. The van der Waals surface area contributed by atoms with Crippen molar-refractivity contribution in [1.29, 1.82) is 0 Å². The highest BCUT2D eigenvalue weighted by Crippen LogP contribution is 2.33. The highest BCUT2D eigenvalue weighted by molar-refractivity contribution is 5.94. The van der Waals surface area contributed by atoms with Gasteiger partial charge >= 0.3 is 0 Å². The van der Waals surface area contributed by atoms with E-state index in [2.05, 4.69) is 64.8 Å². The Balaban J connectivity index is 0.00000274. The Morgan fingerprint density at radius 1 is 0.941 bits per heavy atom. The molecule has 0 N–H and O–H groups in total. The first kappa shape index (κ1) is 25.5. The quantitative estimate of drug-likeness (QED) is 0.624. The van der Waals surface area contributed by atoms with E-state index < -0.39 is 0 Å². The molecule has 1 aromatic carbocycles. The van der Waals surface area contributed by atoms with Crippen molar-refractivity contribution < 1.29 is 4.79 Å². The number of likely N-dealkylation sites (N-methyl/N-ethyl adjacent to an activating group) is 1. The molecule has 3 aliphatic heterocycles. The van der Waals surface area contributed by atoms with Crippen molar-refractivity contribution >= 4 is 24.0 Å². The Morgan fingerprint density at radius 2 is 1.65 bits per heavy atom. The lowest BCUT2D eigenvalue weighted by molar-refractivity contribution is -0.128. The molecule has 1 amide bonds. The van der Waals surface area contributed by atoms with Crippen LogP contribution in [0.3, 0.4) is 0 Å². The Morgan fingerprint density at radius 3 is 2.35 bits per heavy atom. The maximum atomic E-state index is 13.3. The third kappa shape index (κ3) is 5.47. The Hall–Kier alpha value is -1.56. The van der Waals surface area contributed by atoms with Gasteiger partial charge in [0.1, 0.15) is 0 Å². The lowest BCUT2D eigenvalue weighted by Gasteiger charge is -2.42. The molecule has 0 bridgehead atoms. The van der Waals surface area contributed by atoms with Crippen LogP contribution < -0.4 is 4.90 Å². The number of benzene rings is 1. The van der Waals surface area contributed by atoms with Gasteiger partial charge in [-0.1, -0.05) is 26.0 Å². The molecular formula is C28H43ClN4O. The van der Waals surface area contributed by atoms with Crippen molar-refractivity contribution in [2.24, 2.45) is 11.8 Å². The molecule has 34 heavy (non-hydrogen) atoms. The number of piperazine rings is 1. The largest absolute Gasteiger partial charge is 0.371 e. The molecule has 0 radical (unpaired) electrons. The van der Waals surface area contributed by atoms with Gasteiger partial charge in [0.05, 0.1) is 0 Å². The minimum absolute atomic E-state index is 0. The number of nitrogens with zero attached hydrogens (tertiary/aromatic N) is 4. The number of piperidine rings is 1. The van der Waals surface area contributed by atoms with E-state index in [4.69, 9.17) is 0 Å². The number of hydrogen-bond acceptors (Lipinski definition) is 4. The molecule has 1 unspecified atom stereocenters. The lowest BCUT2D eigenvalue weighted by Crippen LogP contribution is -2.52. The van der Waals surface area contributed by atoms with Crippen LogP contribution in [-0.2, 0) is 17.9 Å².